The predicted octanol–water partition coefficient (Wildman–Crippen LogP) is 7.28. The summed E-state index contributed by atoms with van der Waals surface area (Å²) in [6, 6.07) is 11.9. The third-order valence-electron chi connectivity index (χ3n) is 6.53. The minimum Gasteiger partial charge on any atom is -0.491 e. The average Bonchev–Trinajstić information content (AvgIpc) is 3.69. The van der Waals surface area contributed by atoms with Crippen molar-refractivity contribution in [1.82, 2.24) is 15.0 Å². The lowest BCUT2D eigenvalue weighted by Crippen LogP contribution is -2.07. The Morgan fingerprint density at radius 2 is 1.36 bits per heavy atom. The van der Waals surface area contributed by atoms with E-state index in [4.69, 9.17) is 14.2 Å². The SMILES string of the molecule is CCCCCCCCOc1ccc(-c2cnc(-c3ccc(OCC4OC4CCCC)cc3)cn2)cn1. The van der Waals surface area contributed by atoms with Crippen LogP contribution in [0.1, 0.15) is 71.6 Å². The van der Waals surface area contributed by atoms with E-state index in [9.17, 15) is 0 Å². The van der Waals surface area contributed by atoms with Gasteiger partial charge < -0.3 is 14.2 Å². The van der Waals surface area contributed by atoms with Crippen molar-refractivity contribution in [1.29, 1.82) is 0 Å². The van der Waals surface area contributed by atoms with Crippen LogP contribution in [-0.2, 0) is 4.74 Å². The van der Waals surface area contributed by atoms with Crippen LogP contribution in [-0.4, -0.2) is 40.4 Å². The average molecular weight is 490 g/mol. The summed E-state index contributed by atoms with van der Waals surface area (Å²) >= 11 is 0. The van der Waals surface area contributed by atoms with Crippen molar-refractivity contribution in [3.63, 3.8) is 0 Å². The maximum absolute atomic E-state index is 5.89. The van der Waals surface area contributed by atoms with Crippen LogP contribution in [0.15, 0.2) is 55.0 Å². The van der Waals surface area contributed by atoms with Gasteiger partial charge in [0.15, 0.2) is 0 Å². The van der Waals surface area contributed by atoms with E-state index in [2.05, 4.69) is 28.8 Å². The molecule has 0 aliphatic carbocycles. The zero-order chi connectivity index (χ0) is 25.0. The molecule has 1 aliphatic rings. The maximum atomic E-state index is 5.89. The molecule has 0 radical (unpaired) electrons. The third kappa shape index (κ3) is 8.02. The summed E-state index contributed by atoms with van der Waals surface area (Å²) in [6.07, 6.45) is 17.0. The lowest BCUT2D eigenvalue weighted by atomic mass is 10.1. The van der Waals surface area contributed by atoms with Gasteiger partial charge in [0.25, 0.3) is 0 Å². The minimum atomic E-state index is 0.241. The van der Waals surface area contributed by atoms with Crippen molar-refractivity contribution in [2.24, 2.45) is 0 Å². The molecule has 2 aromatic heterocycles. The standard InChI is InChI=1S/C30H39N3O3/c1-3-5-7-8-9-10-18-34-30-17-14-24(19-33-30)27-21-31-26(20-32-27)23-12-15-25(16-13-23)35-22-29-28(36-29)11-6-4-2/h12-17,19-21,28-29H,3-11,18,22H2,1-2H3. The lowest BCUT2D eigenvalue weighted by Gasteiger charge is -2.07. The molecule has 0 saturated carbocycles. The molecule has 3 aromatic rings. The van der Waals surface area contributed by atoms with Gasteiger partial charge in [-0.05, 0) is 43.2 Å². The second kappa shape index (κ2) is 13.9. The number of epoxide rings is 1. The van der Waals surface area contributed by atoms with Gasteiger partial charge in [-0.15, -0.1) is 0 Å². The van der Waals surface area contributed by atoms with Crippen LogP contribution in [0.4, 0.5) is 0 Å². The van der Waals surface area contributed by atoms with Crippen LogP contribution in [0.5, 0.6) is 11.6 Å². The van der Waals surface area contributed by atoms with Crippen molar-refractivity contribution in [3.05, 3.63) is 55.0 Å². The highest BCUT2D eigenvalue weighted by molar-refractivity contribution is 5.62. The van der Waals surface area contributed by atoms with Crippen LogP contribution >= 0.6 is 0 Å². The van der Waals surface area contributed by atoms with E-state index in [1.807, 2.05) is 36.4 Å². The van der Waals surface area contributed by atoms with Crippen molar-refractivity contribution >= 4 is 0 Å². The fourth-order valence-corrected chi connectivity index (χ4v) is 4.19. The molecule has 2 unspecified atom stereocenters. The summed E-state index contributed by atoms with van der Waals surface area (Å²) in [7, 11) is 0. The number of nitrogens with zero attached hydrogens (tertiary/aromatic N) is 3. The van der Waals surface area contributed by atoms with Gasteiger partial charge in [-0.1, -0.05) is 58.8 Å². The van der Waals surface area contributed by atoms with Gasteiger partial charge in [0.2, 0.25) is 5.88 Å². The number of ether oxygens (including phenoxy) is 3. The van der Waals surface area contributed by atoms with E-state index in [1.165, 1.54) is 44.9 Å². The van der Waals surface area contributed by atoms with E-state index < -0.39 is 0 Å². The molecule has 1 aliphatic heterocycles. The van der Waals surface area contributed by atoms with E-state index in [1.54, 1.807) is 18.6 Å². The zero-order valence-corrected chi connectivity index (χ0v) is 21.7. The Morgan fingerprint density at radius 3 is 2.06 bits per heavy atom. The van der Waals surface area contributed by atoms with Crippen LogP contribution < -0.4 is 9.47 Å². The molecule has 0 spiro atoms. The second-order valence-electron chi connectivity index (χ2n) is 9.48. The van der Waals surface area contributed by atoms with E-state index in [-0.39, 0.29) is 6.10 Å². The summed E-state index contributed by atoms with van der Waals surface area (Å²) in [5, 5.41) is 0. The largest absolute Gasteiger partial charge is 0.491 e. The van der Waals surface area contributed by atoms with Crippen molar-refractivity contribution in [2.75, 3.05) is 13.2 Å². The number of rotatable bonds is 16. The molecule has 2 atom stereocenters. The predicted molar refractivity (Wildman–Crippen MR) is 143 cm³/mol. The third-order valence-corrected chi connectivity index (χ3v) is 6.53. The van der Waals surface area contributed by atoms with Gasteiger partial charge >= 0.3 is 0 Å². The summed E-state index contributed by atoms with van der Waals surface area (Å²) in [5.41, 5.74) is 3.53. The molecule has 36 heavy (non-hydrogen) atoms. The molecule has 3 heterocycles. The molecule has 6 nitrogen and oxygen atoms in total. The van der Waals surface area contributed by atoms with E-state index in [0.29, 0.717) is 25.2 Å². The smallest absolute Gasteiger partial charge is 0.213 e. The summed E-state index contributed by atoms with van der Waals surface area (Å²) in [5.74, 6) is 1.50. The minimum absolute atomic E-state index is 0.241. The van der Waals surface area contributed by atoms with Crippen molar-refractivity contribution < 1.29 is 14.2 Å². The Balaban J connectivity index is 1.22. The Kier molecular flexibility index (Phi) is 10.1. The quantitative estimate of drug-likeness (QED) is 0.155. The normalized spacial score (nSPS) is 16.6. The molecule has 1 saturated heterocycles. The van der Waals surface area contributed by atoms with E-state index >= 15 is 0 Å². The number of aromatic nitrogens is 3. The van der Waals surface area contributed by atoms with Gasteiger partial charge in [-0.25, -0.2) is 4.98 Å². The molecule has 4 rings (SSSR count). The molecule has 1 fully saturated rings. The van der Waals surface area contributed by atoms with Gasteiger partial charge in [-0.3, -0.25) is 9.97 Å². The highest BCUT2D eigenvalue weighted by Crippen LogP contribution is 2.28. The number of hydrogen-bond donors (Lipinski definition) is 0. The van der Waals surface area contributed by atoms with Crippen molar-refractivity contribution in [2.45, 2.75) is 83.8 Å². The first-order valence-electron chi connectivity index (χ1n) is 13.6. The zero-order valence-electron chi connectivity index (χ0n) is 21.7. The molecule has 1 aromatic carbocycles. The fraction of sp³-hybridized carbons (Fsp3) is 0.500. The molecular weight excluding hydrogens is 450 g/mol. The summed E-state index contributed by atoms with van der Waals surface area (Å²) < 4.78 is 17.3. The first kappa shape index (κ1) is 26.1. The Labute approximate surface area is 215 Å². The highest BCUT2D eigenvalue weighted by Gasteiger charge is 2.38. The molecule has 0 amide bonds. The number of benzene rings is 1. The lowest BCUT2D eigenvalue weighted by molar-refractivity contribution is 0.259. The van der Waals surface area contributed by atoms with Crippen LogP contribution in [0.25, 0.3) is 22.5 Å². The molecule has 0 bridgehead atoms. The molecule has 6 heteroatoms. The van der Waals surface area contributed by atoms with Crippen molar-refractivity contribution in [3.8, 4) is 34.1 Å². The van der Waals surface area contributed by atoms with Gasteiger partial charge in [0.05, 0.1) is 36.5 Å². The Morgan fingerprint density at radius 1 is 0.667 bits per heavy atom. The topological polar surface area (TPSA) is 69.7 Å². The second-order valence-corrected chi connectivity index (χ2v) is 9.48. The number of pyridine rings is 1. The molecular formula is C30H39N3O3. The first-order chi connectivity index (χ1) is 17.8. The van der Waals surface area contributed by atoms with Gasteiger partial charge in [0.1, 0.15) is 18.5 Å². The monoisotopic (exact) mass is 489 g/mol. The Hall–Kier alpha value is -2.99. The number of hydrogen-bond acceptors (Lipinski definition) is 6. The first-order valence-corrected chi connectivity index (χ1v) is 13.6. The highest BCUT2D eigenvalue weighted by atomic mass is 16.6. The molecule has 192 valence electrons. The Bertz CT molecular complexity index is 1020. The van der Waals surface area contributed by atoms with Crippen LogP contribution in [0, 0.1) is 0 Å². The molecule has 0 N–H and O–H groups in total. The van der Waals surface area contributed by atoms with E-state index in [0.717, 1.165) is 41.1 Å². The summed E-state index contributed by atoms with van der Waals surface area (Å²) in [6.45, 7) is 5.77. The maximum Gasteiger partial charge on any atom is 0.213 e. The summed E-state index contributed by atoms with van der Waals surface area (Å²) in [4.78, 5) is 13.6. The van der Waals surface area contributed by atoms with Crippen LogP contribution in [0.3, 0.4) is 0 Å². The van der Waals surface area contributed by atoms with Gasteiger partial charge in [0, 0.05) is 23.4 Å². The van der Waals surface area contributed by atoms with Crippen LogP contribution in [0.2, 0.25) is 0 Å². The fourth-order valence-electron chi connectivity index (χ4n) is 4.19. The van der Waals surface area contributed by atoms with Gasteiger partial charge in [-0.2, -0.15) is 0 Å². The number of unbranched alkanes of at least 4 members (excludes halogenated alkanes) is 6.